The van der Waals surface area contributed by atoms with Crippen LogP contribution >= 0.6 is 15.9 Å². The van der Waals surface area contributed by atoms with Gasteiger partial charge >= 0.3 is 11.8 Å². The number of rotatable bonds is 5. The number of benzene rings is 2. The summed E-state index contributed by atoms with van der Waals surface area (Å²) in [6.07, 6.45) is 1.77. The van der Waals surface area contributed by atoms with Gasteiger partial charge in [0.2, 0.25) is 0 Å². The standard InChI is InChI=1S/C26H23BrN6O2/c1-26(2,3)25-32-24(35-33-25)23(34)29-14-17-10-9-16(13-19(17)27)18-11-12-28-22-20(18)30-21(31-22)15-7-5-4-6-8-15/h4-13H,14H2,1-3H3,(H,29,34)(H,28,30,31). The largest absolute Gasteiger partial charge is 0.344 e. The number of pyridine rings is 1. The number of hydrogen-bond acceptors (Lipinski definition) is 6. The normalized spacial score (nSPS) is 11.7. The van der Waals surface area contributed by atoms with E-state index < -0.39 is 5.91 Å². The zero-order chi connectivity index (χ0) is 24.6. The second kappa shape index (κ2) is 9.07. The number of fused-ring (bicyclic) bond motifs is 1. The van der Waals surface area contributed by atoms with Gasteiger partial charge in [-0.15, -0.1) is 0 Å². The molecule has 0 spiro atoms. The van der Waals surface area contributed by atoms with Gasteiger partial charge in [0.1, 0.15) is 11.3 Å². The van der Waals surface area contributed by atoms with Gasteiger partial charge in [0.05, 0.1) is 0 Å². The first-order valence-corrected chi connectivity index (χ1v) is 11.9. The fraction of sp³-hybridized carbons (Fsp3) is 0.192. The highest BCUT2D eigenvalue weighted by atomic mass is 79.9. The second-order valence-electron chi connectivity index (χ2n) is 9.17. The van der Waals surface area contributed by atoms with Crippen LogP contribution in [0.3, 0.4) is 0 Å². The summed E-state index contributed by atoms with van der Waals surface area (Å²) in [5.41, 5.74) is 5.08. The van der Waals surface area contributed by atoms with Crippen LogP contribution in [0.25, 0.3) is 33.7 Å². The van der Waals surface area contributed by atoms with Crippen molar-refractivity contribution in [1.29, 1.82) is 0 Å². The smallest absolute Gasteiger partial charge is 0.315 e. The van der Waals surface area contributed by atoms with Gasteiger partial charge in [-0.05, 0) is 23.3 Å². The molecule has 0 atom stereocenters. The molecule has 0 aliphatic heterocycles. The lowest BCUT2D eigenvalue weighted by Crippen LogP contribution is -2.23. The summed E-state index contributed by atoms with van der Waals surface area (Å²) in [5.74, 6) is 0.805. The van der Waals surface area contributed by atoms with Crippen LogP contribution in [0, 0.1) is 0 Å². The van der Waals surface area contributed by atoms with Gasteiger partial charge in [0, 0.05) is 33.8 Å². The van der Waals surface area contributed by atoms with E-state index in [1.807, 2.05) is 75.4 Å². The molecule has 2 aromatic carbocycles. The summed E-state index contributed by atoms with van der Waals surface area (Å²) in [7, 11) is 0. The number of H-pyrrole nitrogens is 1. The molecule has 3 heterocycles. The lowest BCUT2D eigenvalue weighted by atomic mass is 9.96. The molecule has 1 amide bonds. The molecule has 176 valence electrons. The molecule has 0 aliphatic carbocycles. The van der Waals surface area contributed by atoms with Crippen molar-refractivity contribution in [2.24, 2.45) is 0 Å². The summed E-state index contributed by atoms with van der Waals surface area (Å²) in [5, 5.41) is 6.74. The third kappa shape index (κ3) is 4.72. The Balaban J connectivity index is 1.36. The molecule has 0 saturated carbocycles. The monoisotopic (exact) mass is 530 g/mol. The number of amides is 1. The van der Waals surface area contributed by atoms with Crippen molar-refractivity contribution < 1.29 is 9.32 Å². The van der Waals surface area contributed by atoms with Gasteiger partial charge in [-0.25, -0.2) is 9.97 Å². The number of nitrogens with one attached hydrogen (secondary N) is 2. The first kappa shape index (κ1) is 22.9. The molecule has 3 aromatic heterocycles. The molecule has 9 heteroatoms. The van der Waals surface area contributed by atoms with E-state index in [0.29, 0.717) is 12.4 Å². The number of imidazole rings is 1. The molecule has 0 fully saturated rings. The molecule has 0 radical (unpaired) electrons. The predicted octanol–water partition coefficient (Wildman–Crippen LogP) is 5.66. The first-order chi connectivity index (χ1) is 16.8. The summed E-state index contributed by atoms with van der Waals surface area (Å²) in [4.78, 5) is 29.3. The van der Waals surface area contributed by atoms with Gasteiger partial charge < -0.3 is 14.8 Å². The lowest BCUT2D eigenvalue weighted by molar-refractivity contribution is 0.0907. The number of carbonyl (C=O) groups is 1. The Bertz CT molecular complexity index is 1520. The third-order valence-corrected chi connectivity index (χ3v) is 6.26. The van der Waals surface area contributed by atoms with E-state index in [4.69, 9.17) is 9.51 Å². The highest BCUT2D eigenvalue weighted by molar-refractivity contribution is 9.10. The van der Waals surface area contributed by atoms with Gasteiger partial charge in [0.25, 0.3) is 0 Å². The van der Waals surface area contributed by atoms with Crippen molar-refractivity contribution in [2.75, 3.05) is 0 Å². The average molecular weight is 531 g/mol. The number of aromatic nitrogens is 5. The van der Waals surface area contributed by atoms with E-state index >= 15 is 0 Å². The molecule has 0 saturated heterocycles. The minimum absolute atomic E-state index is 0.0467. The van der Waals surface area contributed by atoms with Crippen LogP contribution < -0.4 is 5.32 Å². The topological polar surface area (TPSA) is 110 Å². The highest BCUT2D eigenvalue weighted by Crippen LogP contribution is 2.31. The van der Waals surface area contributed by atoms with E-state index in [2.05, 4.69) is 41.4 Å². The fourth-order valence-electron chi connectivity index (χ4n) is 3.61. The Kier molecular flexibility index (Phi) is 5.94. The number of carbonyl (C=O) groups excluding carboxylic acids is 1. The number of aromatic amines is 1. The van der Waals surface area contributed by atoms with Gasteiger partial charge in [0.15, 0.2) is 11.5 Å². The van der Waals surface area contributed by atoms with Crippen molar-refractivity contribution in [1.82, 2.24) is 30.4 Å². The maximum atomic E-state index is 12.5. The molecule has 0 unspecified atom stereocenters. The SMILES string of the molecule is CC(C)(C)c1noc(C(=O)NCc2ccc(-c3ccnc4[nH]c(-c5ccccc5)nc34)cc2Br)n1. The Morgan fingerprint density at radius 1 is 1.06 bits per heavy atom. The van der Waals surface area contributed by atoms with Crippen LogP contribution in [0.15, 0.2) is 69.8 Å². The molecular formula is C26H23BrN6O2. The Labute approximate surface area is 210 Å². The van der Waals surface area contributed by atoms with Gasteiger partial charge in [-0.1, -0.05) is 84.3 Å². The maximum absolute atomic E-state index is 12.5. The van der Waals surface area contributed by atoms with E-state index in [1.165, 1.54) is 0 Å². The van der Waals surface area contributed by atoms with Crippen LogP contribution in [0.5, 0.6) is 0 Å². The maximum Gasteiger partial charge on any atom is 0.315 e. The molecule has 5 aromatic rings. The minimum atomic E-state index is -0.412. The van der Waals surface area contributed by atoms with Crippen molar-refractivity contribution in [3.63, 3.8) is 0 Å². The molecule has 0 bridgehead atoms. The second-order valence-corrected chi connectivity index (χ2v) is 10.0. The highest BCUT2D eigenvalue weighted by Gasteiger charge is 2.23. The van der Waals surface area contributed by atoms with Crippen LogP contribution in [0.4, 0.5) is 0 Å². The Hall–Kier alpha value is -3.85. The lowest BCUT2D eigenvalue weighted by Gasteiger charge is -2.11. The van der Waals surface area contributed by atoms with Crippen LogP contribution in [0.2, 0.25) is 0 Å². The van der Waals surface area contributed by atoms with Crippen molar-refractivity contribution >= 4 is 33.0 Å². The summed E-state index contributed by atoms with van der Waals surface area (Å²) in [6.45, 7) is 6.18. The van der Waals surface area contributed by atoms with Crippen molar-refractivity contribution in [3.8, 4) is 22.5 Å². The molecular weight excluding hydrogens is 508 g/mol. The van der Waals surface area contributed by atoms with Crippen molar-refractivity contribution in [3.05, 3.63) is 82.5 Å². The zero-order valence-corrected chi connectivity index (χ0v) is 21.0. The average Bonchev–Trinajstić information content (AvgIpc) is 3.51. The van der Waals surface area contributed by atoms with Crippen LogP contribution in [-0.2, 0) is 12.0 Å². The van der Waals surface area contributed by atoms with E-state index in [-0.39, 0.29) is 11.3 Å². The third-order valence-electron chi connectivity index (χ3n) is 5.53. The van der Waals surface area contributed by atoms with E-state index in [0.717, 1.165) is 43.7 Å². The van der Waals surface area contributed by atoms with Gasteiger partial charge in [-0.3, -0.25) is 4.79 Å². The van der Waals surface area contributed by atoms with E-state index in [1.54, 1.807) is 6.20 Å². The molecule has 0 aliphatic rings. The summed E-state index contributed by atoms with van der Waals surface area (Å²) >= 11 is 3.64. The quantitative estimate of drug-likeness (QED) is 0.303. The number of hydrogen-bond donors (Lipinski definition) is 2. The summed E-state index contributed by atoms with van der Waals surface area (Å²) < 4.78 is 5.98. The Morgan fingerprint density at radius 3 is 2.57 bits per heavy atom. The first-order valence-electron chi connectivity index (χ1n) is 11.1. The fourth-order valence-corrected chi connectivity index (χ4v) is 4.12. The van der Waals surface area contributed by atoms with Crippen molar-refractivity contribution in [2.45, 2.75) is 32.7 Å². The van der Waals surface area contributed by atoms with Crippen LogP contribution in [-0.4, -0.2) is 31.0 Å². The number of halogens is 1. The molecule has 2 N–H and O–H groups in total. The van der Waals surface area contributed by atoms with E-state index in [9.17, 15) is 4.79 Å². The zero-order valence-electron chi connectivity index (χ0n) is 19.5. The predicted molar refractivity (Wildman–Crippen MR) is 137 cm³/mol. The molecule has 8 nitrogen and oxygen atoms in total. The summed E-state index contributed by atoms with van der Waals surface area (Å²) in [6, 6.07) is 17.9. The van der Waals surface area contributed by atoms with Crippen LogP contribution in [0.1, 0.15) is 42.8 Å². The van der Waals surface area contributed by atoms with Gasteiger partial charge in [-0.2, -0.15) is 4.98 Å². The Morgan fingerprint density at radius 2 is 1.86 bits per heavy atom. The molecule has 5 rings (SSSR count). The number of nitrogens with zero attached hydrogens (tertiary/aromatic N) is 4. The molecule has 35 heavy (non-hydrogen) atoms. The minimum Gasteiger partial charge on any atom is -0.344 e.